The van der Waals surface area contributed by atoms with E-state index in [1.165, 1.54) is 13.8 Å². The molecule has 2 saturated heterocycles. The minimum absolute atomic E-state index is 0.0650. The summed E-state index contributed by atoms with van der Waals surface area (Å²) in [6, 6.07) is -2.09. The monoisotopic (exact) mass is 1070 g/mol. The molecule has 0 aromatic heterocycles. The number of unbranched alkanes of at least 4 members (excludes halogenated alkanes) is 6. The molecule has 2 rings (SSSR count). The van der Waals surface area contributed by atoms with Crippen LogP contribution >= 0.6 is 0 Å². The lowest BCUT2D eigenvalue weighted by atomic mass is 9.77. The van der Waals surface area contributed by atoms with Crippen molar-refractivity contribution in [2.24, 2.45) is 5.41 Å². The van der Waals surface area contributed by atoms with Gasteiger partial charge in [0.1, 0.15) is 48.7 Å². The highest BCUT2D eigenvalue weighted by Crippen LogP contribution is 2.34. The summed E-state index contributed by atoms with van der Waals surface area (Å²) in [6.45, 7) is 6.14. The summed E-state index contributed by atoms with van der Waals surface area (Å²) in [5.41, 5.74) is -0.136. The van der Waals surface area contributed by atoms with Crippen molar-refractivity contribution < 1.29 is 92.9 Å². The first kappa shape index (κ1) is 66.1. The van der Waals surface area contributed by atoms with Gasteiger partial charge in [-0.15, -0.1) is 0 Å². The average Bonchev–Trinajstić information content (AvgIpc) is 3.36. The van der Waals surface area contributed by atoms with Crippen LogP contribution in [0.4, 0.5) is 9.59 Å². The third-order valence-electron chi connectivity index (χ3n) is 12.8. The molecule has 430 valence electrons. The topological polar surface area (TPSA) is 372 Å². The van der Waals surface area contributed by atoms with Crippen molar-refractivity contribution in [2.45, 2.75) is 198 Å². The first-order valence-electron chi connectivity index (χ1n) is 26.4. The van der Waals surface area contributed by atoms with Crippen LogP contribution in [0.3, 0.4) is 0 Å². The maximum atomic E-state index is 12.3. The standard InChI is InChI=1S/C49H90N6O19/c1-33(59)54-39-43(65)41(63)35(31-57)73-45(39)69-27-12-17-37(61)50-22-8-4-6-10-24-52-47(67)71-29-15-20-49(3,19-14-26-56)21-16-30-72-48(68)53-25-11-7-5-9-23-51-38(62)18-13-28-70-46-40(55-34(2)60)44(66)42(64)36(32-58)74-46/h35-36,39-46,56-58,63-66H,4-32H2,1-3H3,(H,50,61)(H,51,62)(H,52,67)(H,53,68)(H,54,59)(H,55,60). The van der Waals surface area contributed by atoms with Crippen molar-refractivity contribution in [3.8, 4) is 0 Å². The van der Waals surface area contributed by atoms with E-state index in [0.29, 0.717) is 58.3 Å². The van der Waals surface area contributed by atoms with Gasteiger partial charge in [0.05, 0.1) is 39.6 Å². The predicted molar refractivity (Wildman–Crippen MR) is 266 cm³/mol. The van der Waals surface area contributed by atoms with Crippen molar-refractivity contribution in [1.82, 2.24) is 31.9 Å². The Kier molecular flexibility index (Phi) is 34.4. The molecule has 13 N–H and O–H groups in total. The number of aliphatic hydroxyl groups is 7. The molecule has 2 heterocycles. The maximum absolute atomic E-state index is 12.3. The number of alkyl carbamates (subject to hydrolysis) is 2. The van der Waals surface area contributed by atoms with E-state index < -0.39 is 98.5 Å². The molecule has 74 heavy (non-hydrogen) atoms. The van der Waals surface area contributed by atoms with E-state index >= 15 is 0 Å². The predicted octanol–water partition coefficient (Wildman–Crippen LogP) is -0.388. The second kappa shape index (κ2) is 38.5. The molecule has 25 nitrogen and oxygen atoms in total. The molecule has 0 bridgehead atoms. The highest BCUT2D eigenvalue weighted by Gasteiger charge is 2.46. The summed E-state index contributed by atoms with van der Waals surface area (Å²) in [5.74, 6) is -1.23. The number of ether oxygens (including phenoxy) is 6. The molecule has 0 aromatic rings. The second-order valence-corrected chi connectivity index (χ2v) is 19.3. The largest absolute Gasteiger partial charge is 0.450 e. The molecule has 2 aliphatic rings. The van der Waals surface area contributed by atoms with Crippen molar-refractivity contribution in [2.75, 3.05) is 72.4 Å². The van der Waals surface area contributed by atoms with Crippen molar-refractivity contribution in [3.05, 3.63) is 0 Å². The molecular formula is C49H90N6O19. The Morgan fingerprint density at radius 1 is 0.473 bits per heavy atom. The first-order valence-corrected chi connectivity index (χ1v) is 26.4. The van der Waals surface area contributed by atoms with Crippen LogP contribution in [0, 0.1) is 5.41 Å². The Morgan fingerprint density at radius 3 is 1.19 bits per heavy atom. The van der Waals surface area contributed by atoms with Gasteiger partial charge in [-0.25, -0.2) is 9.59 Å². The van der Waals surface area contributed by atoms with Gasteiger partial charge in [0, 0.05) is 59.5 Å². The quantitative estimate of drug-likeness (QED) is 0.0349. The maximum Gasteiger partial charge on any atom is 0.407 e. The molecular weight excluding hydrogens is 977 g/mol. The SMILES string of the molecule is CC(=O)NC1C(OCCCC(=O)NCCCCCCNC(=O)OCCCC(C)(CCCO)CCCOC(=O)NCCCCCCNC(=O)CCCOC2OC(CO)C(O)C(O)C2NC(C)=O)OC(CO)C(O)C1O. The minimum Gasteiger partial charge on any atom is -0.450 e. The molecule has 25 heteroatoms. The van der Waals surface area contributed by atoms with E-state index in [9.17, 15) is 64.5 Å². The van der Waals surface area contributed by atoms with Gasteiger partial charge < -0.3 is 96.1 Å². The fraction of sp³-hybridized carbons (Fsp3) is 0.878. The molecule has 0 aromatic carbocycles. The third kappa shape index (κ3) is 27.7. The van der Waals surface area contributed by atoms with Gasteiger partial charge in [0.2, 0.25) is 23.6 Å². The Bertz CT molecular complexity index is 1500. The zero-order valence-electron chi connectivity index (χ0n) is 43.8. The van der Waals surface area contributed by atoms with Crippen molar-refractivity contribution >= 4 is 35.8 Å². The highest BCUT2D eigenvalue weighted by atomic mass is 16.7. The molecule has 0 radical (unpaired) electrons. The lowest BCUT2D eigenvalue weighted by molar-refractivity contribution is -0.270. The number of hydrogen-bond donors (Lipinski definition) is 13. The van der Waals surface area contributed by atoms with Gasteiger partial charge in [-0.05, 0) is 82.5 Å². The lowest BCUT2D eigenvalue weighted by Crippen LogP contribution is -2.64. The van der Waals surface area contributed by atoms with Crippen molar-refractivity contribution in [1.29, 1.82) is 0 Å². The molecule has 0 saturated carbocycles. The summed E-state index contributed by atoms with van der Waals surface area (Å²) in [7, 11) is 0. The van der Waals surface area contributed by atoms with Gasteiger partial charge in [-0.1, -0.05) is 32.6 Å². The van der Waals surface area contributed by atoms with Crippen LogP contribution < -0.4 is 31.9 Å². The van der Waals surface area contributed by atoms with Crippen LogP contribution in [0.5, 0.6) is 0 Å². The third-order valence-corrected chi connectivity index (χ3v) is 12.8. The lowest BCUT2D eigenvalue weighted by Gasteiger charge is -2.42. The molecule has 10 unspecified atom stereocenters. The van der Waals surface area contributed by atoms with Crippen LogP contribution in [-0.2, 0) is 47.6 Å². The number of carbonyl (C=O) groups is 6. The van der Waals surface area contributed by atoms with Gasteiger partial charge >= 0.3 is 12.2 Å². The summed E-state index contributed by atoms with van der Waals surface area (Å²) < 4.78 is 33.1. The molecule has 2 fully saturated rings. The molecule has 0 spiro atoms. The summed E-state index contributed by atoms with van der Waals surface area (Å²) in [6.07, 6.45) is 0.650. The number of nitrogens with one attached hydrogen (secondary N) is 6. The molecule has 10 atom stereocenters. The zero-order valence-corrected chi connectivity index (χ0v) is 43.8. The van der Waals surface area contributed by atoms with E-state index in [1.54, 1.807) is 0 Å². The number of amides is 6. The van der Waals surface area contributed by atoms with E-state index in [4.69, 9.17) is 28.4 Å². The van der Waals surface area contributed by atoms with Gasteiger partial charge in [0.25, 0.3) is 0 Å². The number of aliphatic hydroxyl groups excluding tert-OH is 7. The Morgan fingerprint density at radius 2 is 0.838 bits per heavy atom. The van der Waals surface area contributed by atoms with Crippen LogP contribution in [0.25, 0.3) is 0 Å². The van der Waals surface area contributed by atoms with Crippen LogP contribution in [0.15, 0.2) is 0 Å². The smallest absolute Gasteiger partial charge is 0.407 e. The van der Waals surface area contributed by atoms with E-state index in [-0.39, 0.29) is 63.1 Å². The number of hydrogen-bond acceptors (Lipinski definition) is 19. The average molecular weight is 1070 g/mol. The Balaban J connectivity index is 1.45. The van der Waals surface area contributed by atoms with Gasteiger partial charge in [-0.3, -0.25) is 19.2 Å². The van der Waals surface area contributed by atoms with Crippen LogP contribution in [0.2, 0.25) is 0 Å². The Labute approximate surface area is 435 Å². The molecule has 0 aliphatic carbocycles. The normalized spacial score (nSPS) is 24.5. The van der Waals surface area contributed by atoms with E-state index in [1.807, 2.05) is 0 Å². The first-order chi connectivity index (χ1) is 35.4. The minimum atomic E-state index is -1.41. The van der Waals surface area contributed by atoms with E-state index in [0.717, 1.165) is 70.6 Å². The Hall–Kier alpha value is -4.02. The number of carbonyl (C=O) groups excluding carboxylic acids is 6. The van der Waals surface area contributed by atoms with Crippen LogP contribution in [-0.4, -0.2) is 205 Å². The summed E-state index contributed by atoms with van der Waals surface area (Å²) in [4.78, 5) is 72.2. The second-order valence-electron chi connectivity index (χ2n) is 19.3. The molecule has 6 amide bonds. The number of rotatable bonds is 39. The van der Waals surface area contributed by atoms with Crippen molar-refractivity contribution in [3.63, 3.8) is 0 Å². The zero-order chi connectivity index (χ0) is 54.7. The molecule has 2 aliphatic heterocycles. The highest BCUT2D eigenvalue weighted by molar-refractivity contribution is 5.76. The summed E-state index contributed by atoms with van der Waals surface area (Å²) >= 11 is 0. The van der Waals surface area contributed by atoms with Gasteiger partial charge in [-0.2, -0.15) is 0 Å². The summed E-state index contributed by atoms with van der Waals surface area (Å²) in [5, 5.41) is 85.5. The fourth-order valence-electron chi connectivity index (χ4n) is 8.62. The van der Waals surface area contributed by atoms with Crippen LogP contribution in [0.1, 0.15) is 136 Å². The van der Waals surface area contributed by atoms with E-state index in [2.05, 4.69) is 38.8 Å². The van der Waals surface area contributed by atoms with Gasteiger partial charge in [0.15, 0.2) is 12.6 Å². The fourth-order valence-corrected chi connectivity index (χ4v) is 8.62.